The fraction of sp³-hybridized carbons (Fsp3) is 0.182. The molecule has 2 radical (unpaired) electrons. The highest BCUT2D eigenvalue weighted by Crippen LogP contribution is 2.33. The van der Waals surface area contributed by atoms with E-state index in [9.17, 15) is 4.79 Å². The molecule has 2 aromatic rings. The highest BCUT2D eigenvalue weighted by molar-refractivity contribution is 7.23. The first kappa shape index (κ1) is 11.0. The molecule has 0 unspecified atom stereocenters. The molecule has 0 atom stereocenters. The quantitative estimate of drug-likeness (QED) is 0.628. The van der Waals surface area contributed by atoms with E-state index in [0.717, 1.165) is 10.1 Å². The van der Waals surface area contributed by atoms with E-state index >= 15 is 0 Å². The number of hydrogen-bond acceptors (Lipinski definition) is 4. The van der Waals surface area contributed by atoms with E-state index < -0.39 is 0 Å². The Morgan fingerprint density at radius 1 is 1.56 bits per heavy atom. The maximum Gasteiger partial charge on any atom is 0.341 e. The Balaban J connectivity index is 2.60. The molecule has 80 valence electrons. The van der Waals surface area contributed by atoms with Crippen molar-refractivity contribution in [1.29, 1.82) is 0 Å². The van der Waals surface area contributed by atoms with Gasteiger partial charge in [0.05, 0.1) is 6.61 Å². The predicted octanol–water partition coefficient (Wildman–Crippen LogP) is 1.45. The molecule has 0 saturated heterocycles. The van der Waals surface area contributed by atoms with Crippen LogP contribution in [0.3, 0.4) is 0 Å². The van der Waals surface area contributed by atoms with Crippen LogP contribution in [0.1, 0.15) is 17.3 Å². The fourth-order valence-corrected chi connectivity index (χ4v) is 2.55. The van der Waals surface area contributed by atoms with Gasteiger partial charge in [0.2, 0.25) is 0 Å². The van der Waals surface area contributed by atoms with E-state index in [1.54, 1.807) is 25.1 Å². The second-order valence-corrected chi connectivity index (χ2v) is 4.40. The van der Waals surface area contributed by atoms with E-state index in [1.165, 1.54) is 11.3 Å². The van der Waals surface area contributed by atoms with Crippen LogP contribution in [0.4, 0.5) is 5.00 Å². The number of ether oxygens (including phenoxy) is 1. The SMILES string of the molecule is [B]c1ccc2c(C(=O)OCC)c(N)sc2c1. The van der Waals surface area contributed by atoms with Crippen molar-refractivity contribution in [3.63, 3.8) is 0 Å². The Bertz CT molecular complexity index is 550. The molecule has 0 amide bonds. The molecule has 1 aromatic heterocycles. The molecule has 0 aliphatic heterocycles. The van der Waals surface area contributed by atoms with Crippen molar-refractivity contribution in [2.24, 2.45) is 0 Å². The number of nitrogen functional groups attached to an aromatic ring is 1. The average molecular weight is 231 g/mol. The summed E-state index contributed by atoms with van der Waals surface area (Å²) in [4.78, 5) is 11.7. The van der Waals surface area contributed by atoms with Gasteiger partial charge in [0.25, 0.3) is 0 Å². The van der Waals surface area contributed by atoms with Crippen LogP contribution in [-0.2, 0) is 4.74 Å². The van der Waals surface area contributed by atoms with E-state index in [4.69, 9.17) is 18.3 Å². The van der Waals surface area contributed by atoms with E-state index in [-0.39, 0.29) is 5.97 Å². The summed E-state index contributed by atoms with van der Waals surface area (Å²) in [7, 11) is 5.67. The minimum atomic E-state index is -0.379. The molecule has 2 N–H and O–H groups in total. The molecule has 0 aliphatic rings. The molecule has 0 aliphatic carbocycles. The maximum absolute atomic E-state index is 11.7. The second-order valence-electron chi connectivity index (χ2n) is 3.32. The lowest BCUT2D eigenvalue weighted by atomic mass is 9.95. The number of fused-ring (bicyclic) bond motifs is 1. The molecule has 5 heteroatoms. The minimum Gasteiger partial charge on any atom is -0.462 e. The first-order valence-electron chi connectivity index (χ1n) is 4.88. The van der Waals surface area contributed by atoms with Crippen LogP contribution < -0.4 is 11.2 Å². The number of carbonyl (C=O) groups is 1. The van der Waals surface area contributed by atoms with Crippen molar-refractivity contribution < 1.29 is 9.53 Å². The molecule has 0 saturated carbocycles. The van der Waals surface area contributed by atoms with Crippen molar-refractivity contribution in [1.82, 2.24) is 0 Å². The van der Waals surface area contributed by atoms with Crippen LogP contribution in [0.5, 0.6) is 0 Å². The van der Waals surface area contributed by atoms with Gasteiger partial charge in [-0.05, 0) is 6.92 Å². The van der Waals surface area contributed by atoms with Crippen molar-refractivity contribution in [2.75, 3.05) is 12.3 Å². The predicted molar refractivity (Wildman–Crippen MR) is 67.6 cm³/mol. The zero-order chi connectivity index (χ0) is 11.7. The standard InChI is InChI=1S/C11H10BNO2S/c1-2-15-11(14)9-7-4-3-6(12)5-8(7)16-10(9)13/h3-5H,2,13H2,1H3. The number of esters is 1. The summed E-state index contributed by atoms with van der Waals surface area (Å²) in [5.74, 6) is -0.379. The Kier molecular flexibility index (Phi) is 2.87. The van der Waals surface area contributed by atoms with E-state index in [1.807, 2.05) is 0 Å². The number of thiophene rings is 1. The van der Waals surface area contributed by atoms with Gasteiger partial charge in [0.1, 0.15) is 18.4 Å². The third-order valence-electron chi connectivity index (χ3n) is 2.22. The van der Waals surface area contributed by atoms with Gasteiger partial charge in [0, 0.05) is 10.1 Å². The molecule has 16 heavy (non-hydrogen) atoms. The molecule has 1 aromatic carbocycles. The van der Waals surface area contributed by atoms with Gasteiger partial charge in [0.15, 0.2) is 0 Å². The Morgan fingerprint density at radius 2 is 2.31 bits per heavy atom. The van der Waals surface area contributed by atoms with Gasteiger partial charge in [-0.3, -0.25) is 0 Å². The van der Waals surface area contributed by atoms with Crippen LogP contribution >= 0.6 is 11.3 Å². The fourth-order valence-electron chi connectivity index (χ4n) is 1.55. The number of rotatable bonds is 2. The maximum atomic E-state index is 11.7. The largest absolute Gasteiger partial charge is 0.462 e. The highest BCUT2D eigenvalue weighted by atomic mass is 32.1. The summed E-state index contributed by atoms with van der Waals surface area (Å²) in [5, 5.41) is 1.27. The highest BCUT2D eigenvalue weighted by Gasteiger charge is 2.17. The summed E-state index contributed by atoms with van der Waals surface area (Å²) in [6.45, 7) is 2.10. The lowest BCUT2D eigenvalue weighted by Crippen LogP contribution is -2.06. The molecule has 2 rings (SSSR count). The summed E-state index contributed by atoms with van der Waals surface area (Å²) in [5.41, 5.74) is 6.91. The molecule has 0 spiro atoms. The van der Waals surface area contributed by atoms with Gasteiger partial charge in [-0.15, -0.1) is 11.3 Å². The van der Waals surface area contributed by atoms with Crippen molar-refractivity contribution in [3.05, 3.63) is 23.8 Å². The third-order valence-corrected chi connectivity index (χ3v) is 3.20. The first-order chi connectivity index (χ1) is 7.63. The van der Waals surface area contributed by atoms with Gasteiger partial charge in [-0.25, -0.2) is 4.79 Å². The Morgan fingerprint density at radius 3 is 3.00 bits per heavy atom. The number of hydrogen-bond donors (Lipinski definition) is 1. The van der Waals surface area contributed by atoms with Crippen LogP contribution in [0.25, 0.3) is 10.1 Å². The third kappa shape index (κ3) is 1.78. The van der Waals surface area contributed by atoms with Crippen molar-refractivity contribution >= 4 is 45.7 Å². The van der Waals surface area contributed by atoms with E-state index in [0.29, 0.717) is 22.6 Å². The second kappa shape index (κ2) is 4.18. The minimum absolute atomic E-state index is 0.338. The lowest BCUT2D eigenvalue weighted by molar-refractivity contribution is 0.0530. The van der Waals surface area contributed by atoms with Crippen molar-refractivity contribution in [2.45, 2.75) is 6.92 Å². The Labute approximate surface area is 98.6 Å². The molecule has 1 heterocycles. The topological polar surface area (TPSA) is 52.3 Å². The number of benzene rings is 1. The van der Waals surface area contributed by atoms with Gasteiger partial charge in [-0.2, -0.15) is 0 Å². The zero-order valence-corrected chi connectivity index (χ0v) is 9.64. The normalized spacial score (nSPS) is 10.6. The molecular weight excluding hydrogens is 221 g/mol. The van der Waals surface area contributed by atoms with Crippen LogP contribution in [-0.4, -0.2) is 20.4 Å². The first-order valence-corrected chi connectivity index (χ1v) is 5.69. The average Bonchev–Trinajstić information content (AvgIpc) is 2.53. The Hall–Kier alpha value is -1.49. The van der Waals surface area contributed by atoms with Gasteiger partial charge in [-0.1, -0.05) is 23.7 Å². The van der Waals surface area contributed by atoms with Crippen LogP contribution in [0.15, 0.2) is 18.2 Å². The number of anilines is 1. The van der Waals surface area contributed by atoms with E-state index in [2.05, 4.69) is 0 Å². The zero-order valence-electron chi connectivity index (χ0n) is 8.82. The van der Waals surface area contributed by atoms with Crippen LogP contribution in [0, 0.1) is 0 Å². The number of nitrogens with two attached hydrogens (primary N) is 1. The smallest absolute Gasteiger partial charge is 0.341 e. The molecule has 0 bridgehead atoms. The van der Waals surface area contributed by atoms with Crippen LogP contribution in [0.2, 0.25) is 0 Å². The van der Waals surface area contributed by atoms with Gasteiger partial charge >= 0.3 is 5.97 Å². The summed E-state index contributed by atoms with van der Waals surface area (Å²) in [6, 6.07) is 5.35. The summed E-state index contributed by atoms with van der Waals surface area (Å²) in [6.07, 6.45) is 0. The van der Waals surface area contributed by atoms with Crippen molar-refractivity contribution in [3.8, 4) is 0 Å². The molecule has 0 fully saturated rings. The summed E-state index contributed by atoms with van der Waals surface area (Å²) >= 11 is 1.34. The molecular formula is C11H10BNO2S. The monoisotopic (exact) mass is 231 g/mol. The molecule has 3 nitrogen and oxygen atoms in total. The number of carbonyl (C=O) groups excluding carboxylic acids is 1. The summed E-state index contributed by atoms with van der Waals surface area (Å²) < 4.78 is 5.87. The van der Waals surface area contributed by atoms with Gasteiger partial charge < -0.3 is 10.5 Å². The lowest BCUT2D eigenvalue weighted by Gasteiger charge is -2.01.